The highest BCUT2D eigenvalue weighted by atomic mass is 35.5. The van der Waals surface area contributed by atoms with E-state index in [1.807, 2.05) is 12.1 Å². The van der Waals surface area contributed by atoms with Gasteiger partial charge in [-0.1, -0.05) is 23.7 Å². The number of nitrogens with one attached hydrogen (secondary N) is 1. The van der Waals surface area contributed by atoms with Gasteiger partial charge in [0.05, 0.1) is 12.5 Å². The molecule has 0 unspecified atom stereocenters. The van der Waals surface area contributed by atoms with E-state index < -0.39 is 0 Å². The van der Waals surface area contributed by atoms with Crippen LogP contribution < -0.4 is 5.32 Å². The quantitative estimate of drug-likeness (QED) is 0.858. The monoisotopic (exact) mass is 336 g/mol. The van der Waals surface area contributed by atoms with Crippen LogP contribution in [0.25, 0.3) is 6.08 Å². The fourth-order valence-electron chi connectivity index (χ4n) is 2.45. The van der Waals surface area contributed by atoms with Crippen LogP contribution in [0.2, 0.25) is 5.02 Å². The summed E-state index contributed by atoms with van der Waals surface area (Å²) in [7, 11) is 0. The number of amides is 2. The van der Waals surface area contributed by atoms with E-state index in [4.69, 9.17) is 16.3 Å². The number of ether oxygens (including phenoxy) is 1. The number of benzene rings is 1. The fraction of sp³-hybridized carbons (Fsp3) is 0.412. The van der Waals surface area contributed by atoms with Gasteiger partial charge in [-0.25, -0.2) is 4.79 Å². The van der Waals surface area contributed by atoms with Crippen molar-refractivity contribution in [3.63, 3.8) is 0 Å². The number of rotatable bonds is 4. The van der Waals surface area contributed by atoms with Crippen molar-refractivity contribution in [2.45, 2.75) is 19.8 Å². The number of carbonyl (C=O) groups excluding carboxylic acids is 2. The molecule has 1 fully saturated rings. The normalized spacial score (nSPS) is 15.7. The zero-order valence-corrected chi connectivity index (χ0v) is 13.9. The Kier molecular flexibility index (Phi) is 6.47. The Balaban J connectivity index is 1.76. The molecule has 5 nitrogen and oxygen atoms in total. The van der Waals surface area contributed by atoms with E-state index in [-0.39, 0.29) is 17.9 Å². The van der Waals surface area contributed by atoms with Gasteiger partial charge in [-0.3, -0.25) is 4.79 Å². The smallest absolute Gasteiger partial charge is 0.321 e. The second-order valence-electron chi connectivity index (χ2n) is 5.35. The van der Waals surface area contributed by atoms with Crippen LogP contribution in [0.4, 0.5) is 4.79 Å². The van der Waals surface area contributed by atoms with E-state index >= 15 is 0 Å². The maximum absolute atomic E-state index is 12.1. The minimum atomic E-state index is -0.157. The van der Waals surface area contributed by atoms with Crippen LogP contribution >= 0.6 is 11.6 Å². The number of halogens is 1. The van der Waals surface area contributed by atoms with Crippen molar-refractivity contribution in [1.29, 1.82) is 0 Å². The second-order valence-corrected chi connectivity index (χ2v) is 5.78. The third kappa shape index (κ3) is 5.28. The van der Waals surface area contributed by atoms with Crippen molar-refractivity contribution < 1.29 is 14.3 Å². The molecule has 1 aromatic rings. The van der Waals surface area contributed by atoms with Gasteiger partial charge >= 0.3 is 12.0 Å². The zero-order chi connectivity index (χ0) is 16.7. The summed E-state index contributed by atoms with van der Waals surface area (Å²) in [5.41, 5.74) is 0.954. The van der Waals surface area contributed by atoms with E-state index in [0.29, 0.717) is 37.6 Å². The zero-order valence-electron chi connectivity index (χ0n) is 13.1. The second kappa shape index (κ2) is 8.58. The van der Waals surface area contributed by atoms with E-state index in [9.17, 15) is 9.59 Å². The van der Waals surface area contributed by atoms with Gasteiger partial charge in [0.1, 0.15) is 0 Å². The van der Waals surface area contributed by atoms with Gasteiger partial charge in [0.25, 0.3) is 0 Å². The Labute approximate surface area is 141 Å². The molecule has 0 aliphatic carbocycles. The summed E-state index contributed by atoms with van der Waals surface area (Å²) in [5, 5.41) is 3.42. The van der Waals surface area contributed by atoms with E-state index in [2.05, 4.69) is 5.32 Å². The Bertz CT molecular complexity index is 564. The minimum Gasteiger partial charge on any atom is -0.466 e. The summed E-state index contributed by atoms with van der Waals surface area (Å²) < 4.78 is 5.02. The van der Waals surface area contributed by atoms with Crippen molar-refractivity contribution in [1.82, 2.24) is 10.2 Å². The van der Waals surface area contributed by atoms with Crippen molar-refractivity contribution in [2.24, 2.45) is 5.92 Å². The van der Waals surface area contributed by atoms with Crippen molar-refractivity contribution in [3.8, 4) is 0 Å². The topological polar surface area (TPSA) is 58.6 Å². The van der Waals surface area contributed by atoms with Crippen LogP contribution in [0, 0.1) is 5.92 Å². The summed E-state index contributed by atoms with van der Waals surface area (Å²) in [4.78, 5) is 25.4. The molecule has 0 aromatic heterocycles. The summed E-state index contributed by atoms with van der Waals surface area (Å²) in [6, 6.07) is 7.18. The Hall–Kier alpha value is -2.01. The lowest BCUT2D eigenvalue weighted by Crippen LogP contribution is -2.44. The molecule has 1 N–H and O–H groups in total. The lowest BCUT2D eigenvalue weighted by molar-refractivity contribution is -0.149. The minimum absolute atomic E-state index is 0.0939. The van der Waals surface area contributed by atoms with Crippen LogP contribution in [-0.4, -0.2) is 36.6 Å². The third-order valence-electron chi connectivity index (χ3n) is 3.75. The lowest BCUT2D eigenvalue weighted by atomic mass is 9.97. The Morgan fingerprint density at radius 3 is 2.57 bits per heavy atom. The van der Waals surface area contributed by atoms with Gasteiger partial charge in [0.2, 0.25) is 0 Å². The molecule has 1 aliphatic rings. The number of urea groups is 1. The summed E-state index contributed by atoms with van der Waals surface area (Å²) in [5.74, 6) is -0.251. The molecule has 1 aromatic carbocycles. The number of hydrogen-bond acceptors (Lipinski definition) is 3. The highest BCUT2D eigenvalue weighted by Crippen LogP contribution is 2.18. The van der Waals surface area contributed by atoms with Gasteiger partial charge in [-0.15, -0.1) is 0 Å². The van der Waals surface area contributed by atoms with Crippen LogP contribution in [0.15, 0.2) is 30.5 Å². The lowest BCUT2D eigenvalue weighted by Gasteiger charge is -2.30. The molecule has 1 saturated heterocycles. The standard InChI is InChI=1S/C17H21ClN2O3/c1-2-23-16(21)14-8-11-20(12-9-14)17(22)19-10-7-13-3-5-15(18)6-4-13/h3-7,10,14H,2,8-9,11-12H2,1H3,(H,19,22)/b10-7+. The van der Waals surface area contributed by atoms with Gasteiger partial charge in [0.15, 0.2) is 0 Å². The first-order chi connectivity index (χ1) is 11.1. The van der Waals surface area contributed by atoms with Crippen molar-refractivity contribution >= 4 is 29.7 Å². The molecule has 0 saturated carbocycles. The molecular weight excluding hydrogens is 316 g/mol. The molecule has 6 heteroatoms. The molecule has 23 heavy (non-hydrogen) atoms. The first-order valence-corrected chi connectivity index (χ1v) is 8.12. The molecule has 1 heterocycles. The molecule has 124 valence electrons. The molecule has 0 bridgehead atoms. The predicted octanol–water partition coefficient (Wildman–Crippen LogP) is 3.30. The number of carbonyl (C=O) groups is 2. The van der Waals surface area contributed by atoms with E-state index in [0.717, 1.165) is 5.56 Å². The number of hydrogen-bond donors (Lipinski definition) is 1. The largest absolute Gasteiger partial charge is 0.466 e. The maximum atomic E-state index is 12.1. The number of esters is 1. The van der Waals surface area contributed by atoms with E-state index in [1.165, 1.54) is 0 Å². The highest BCUT2D eigenvalue weighted by Gasteiger charge is 2.27. The van der Waals surface area contributed by atoms with Crippen molar-refractivity contribution in [2.75, 3.05) is 19.7 Å². The van der Waals surface area contributed by atoms with Crippen LogP contribution in [-0.2, 0) is 9.53 Å². The molecule has 0 radical (unpaired) electrons. The average molecular weight is 337 g/mol. The summed E-state index contributed by atoms with van der Waals surface area (Å²) in [6.07, 6.45) is 4.71. The first kappa shape index (κ1) is 17.3. The first-order valence-electron chi connectivity index (χ1n) is 7.74. The molecule has 1 aliphatic heterocycles. The van der Waals surface area contributed by atoms with Gasteiger partial charge in [0, 0.05) is 24.3 Å². The molecular formula is C17H21ClN2O3. The highest BCUT2D eigenvalue weighted by molar-refractivity contribution is 6.30. The third-order valence-corrected chi connectivity index (χ3v) is 4.01. The van der Waals surface area contributed by atoms with Gasteiger partial charge in [-0.05, 0) is 43.5 Å². The number of nitrogens with zero attached hydrogens (tertiary/aromatic N) is 1. The Morgan fingerprint density at radius 1 is 1.30 bits per heavy atom. The molecule has 2 rings (SSSR count). The van der Waals surface area contributed by atoms with Crippen LogP contribution in [0.1, 0.15) is 25.3 Å². The molecule has 2 amide bonds. The average Bonchev–Trinajstić information content (AvgIpc) is 2.57. The number of piperidine rings is 1. The SMILES string of the molecule is CCOC(=O)C1CCN(C(=O)N/C=C/c2ccc(Cl)cc2)CC1. The fourth-order valence-corrected chi connectivity index (χ4v) is 2.58. The van der Waals surface area contributed by atoms with Gasteiger partial charge < -0.3 is 15.0 Å². The van der Waals surface area contributed by atoms with E-state index in [1.54, 1.807) is 36.2 Å². The van der Waals surface area contributed by atoms with Crippen LogP contribution in [0.3, 0.4) is 0 Å². The molecule has 0 spiro atoms. The van der Waals surface area contributed by atoms with Gasteiger partial charge in [-0.2, -0.15) is 0 Å². The number of likely N-dealkylation sites (tertiary alicyclic amines) is 1. The molecule has 0 atom stereocenters. The maximum Gasteiger partial charge on any atom is 0.321 e. The van der Waals surface area contributed by atoms with Crippen molar-refractivity contribution in [3.05, 3.63) is 41.1 Å². The summed E-state index contributed by atoms with van der Waals surface area (Å²) in [6.45, 7) is 3.32. The van der Waals surface area contributed by atoms with Crippen LogP contribution in [0.5, 0.6) is 0 Å². The predicted molar refractivity (Wildman–Crippen MR) is 89.9 cm³/mol. The summed E-state index contributed by atoms with van der Waals surface area (Å²) >= 11 is 5.82. The Morgan fingerprint density at radius 2 is 1.96 bits per heavy atom.